The fourth-order valence-corrected chi connectivity index (χ4v) is 3.13. The predicted molar refractivity (Wildman–Crippen MR) is 110 cm³/mol. The van der Waals surface area contributed by atoms with E-state index in [4.69, 9.17) is 9.47 Å². The summed E-state index contributed by atoms with van der Waals surface area (Å²) in [5, 5.41) is 0.997. The van der Waals surface area contributed by atoms with E-state index in [1.807, 2.05) is 54.7 Å². The van der Waals surface area contributed by atoms with E-state index in [1.165, 1.54) is 5.56 Å². The Morgan fingerprint density at radius 2 is 1.82 bits per heavy atom. The Bertz CT molecular complexity index is 1030. The van der Waals surface area contributed by atoms with Crippen LogP contribution in [0.15, 0.2) is 66.9 Å². The summed E-state index contributed by atoms with van der Waals surface area (Å²) in [7, 11) is 1.68. The summed E-state index contributed by atoms with van der Waals surface area (Å²) in [5.41, 5.74) is 4.15. The lowest BCUT2D eigenvalue weighted by atomic mass is 10.1. The van der Waals surface area contributed by atoms with Gasteiger partial charge in [0.25, 0.3) is 0 Å². The summed E-state index contributed by atoms with van der Waals surface area (Å²) in [5.74, 6) is 1.61. The number of ether oxygens (including phenoxy) is 2. The first kappa shape index (κ1) is 18.2. The van der Waals surface area contributed by atoms with Crippen LogP contribution < -0.4 is 4.74 Å². The zero-order valence-corrected chi connectivity index (χ0v) is 15.9. The topological polar surface area (TPSA) is 60.0 Å². The van der Waals surface area contributed by atoms with Crippen molar-refractivity contribution in [2.75, 3.05) is 13.7 Å². The lowest BCUT2D eigenvalue weighted by Crippen LogP contribution is -1.98. The molecule has 142 valence electrons. The number of benzene rings is 2. The number of nitrogens with zero attached hydrogens (tertiary/aromatic N) is 2. The van der Waals surface area contributed by atoms with Crippen LogP contribution in [0, 0.1) is 0 Å². The summed E-state index contributed by atoms with van der Waals surface area (Å²) in [4.78, 5) is 12.4. The van der Waals surface area contributed by atoms with Crippen molar-refractivity contribution in [2.45, 2.75) is 19.4 Å². The molecule has 0 amide bonds. The van der Waals surface area contributed by atoms with Crippen molar-refractivity contribution in [3.05, 3.63) is 78.1 Å². The molecule has 5 heteroatoms. The first-order chi connectivity index (χ1) is 13.8. The Morgan fingerprint density at radius 1 is 1.00 bits per heavy atom. The van der Waals surface area contributed by atoms with Crippen molar-refractivity contribution in [1.82, 2.24) is 15.0 Å². The highest BCUT2D eigenvalue weighted by Crippen LogP contribution is 2.19. The summed E-state index contributed by atoms with van der Waals surface area (Å²) in [6.45, 7) is 1.25. The van der Waals surface area contributed by atoms with E-state index >= 15 is 0 Å². The molecule has 0 aliphatic heterocycles. The van der Waals surface area contributed by atoms with E-state index < -0.39 is 0 Å². The maximum Gasteiger partial charge on any atom is 0.161 e. The third kappa shape index (κ3) is 4.38. The number of aromatic nitrogens is 3. The predicted octanol–water partition coefficient (Wildman–Crippen LogP) is 4.78. The first-order valence-corrected chi connectivity index (χ1v) is 9.42. The molecule has 1 N–H and O–H groups in total. The number of aromatic amines is 1. The van der Waals surface area contributed by atoms with Crippen LogP contribution in [0.2, 0.25) is 0 Å². The maximum atomic E-state index is 5.83. The van der Waals surface area contributed by atoms with Gasteiger partial charge in [0, 0.05) is 29.4 Å². The number of hydrogen-bond donors (Lipinski definition) is 1. The highest BCUT2D eigenvalue weighted by molar-refractivity contribution is 5.77. The van der Waals surface area contributed by atoms with Crippen LogP contribution in [0.5, 0.6) is 5.75 Å². The van der Waals surface area contributed by atoms with Crippen LogP contribution in [0.25, 0.3) is 22.4 Å². The summed E-state index contributed by atoms with van der Waals surface area (Å²) >= 11 is 0. The summed E-state index contributed by atoms with van der Waals surface area (Å²) < 4.78 is 11.0. The molecule has 2 aromatic heterocycles. The van der Waals surface area contributed by atoms with E-state index in [1.54, 1.807) is 7.11 Å². The van der Waals surface area contributed by atoms with Crippen molar-refractivity contribution >= 4 is 11.0 Å². The molecule has 0 aliphatic rings. The molecule has 0 unspecified atom stereocenters. The molecular weight excluding hydrogens is 350 g/mol. The van der Waals surface area contributed by atoms with Crippen LogP contribution >= 0.6 is 0 Å². The van der Waals surface area contributed by atoms with Gasteiger partial charge in [0.2, 0.25) is 0 Å². The van der Waals surface area contributed by atoms with Crippen LogP contribution in [0.3, 0.4) is 0 Å². The van der Waals surface area contributed by atoms with Gasteiger partial charge in [-0.05, 0) is 36.6 Å². The molecule has 2 heterocycles. The zero-order valence-electron chi connectivity index (χ0n) is 15.9. The van der Waals surface area contributed by atoms with Gasteiger partial charge in [-0.25, -0.2) is 9.97 Å². The van der Waals surface area contributed by atoms with Gasteiger partial charge in [-0.15, -0.1) is 0 Å². The molecule has 0 saturated heterocycles. The molecule has 28 heavy (non-hydrogen) atoms. The first-order valence-electron chi connectivity index (χ1n) is 9.42. The SMILES string of the molecule is COc1ccc(CCCOCc2cc3cnc(-c4ccccc4)nc3[nH]2)cc1. The van der Waals surface area contributed by atoms with Crippen molar-refractivity contribution in [3.63, 3.8) is 0 Å². The minimum atomic E-state index is 0.541. The third-order valence-electron chi connectivity index (χ3n) is 4.63. The average Bonchev–Trinajstić information content (AvgIpc) is 3.16. The third-order valence-corrected chi connectivity index (χ3v) is 4.63. The Balaban J connectivity index is 1.30. The largest absolute Gasteiger partial charge is 0.497 e. The zero-order chi connectivity index (χ0) is 19.2. The Kier molecular flexibility index (Phi) is 5.64. The second kappa shape index (κ2) is 8.67. The molecule has 5 nitrogen and oxygen atoms in total. The standard InChI is InChI=1S/C23H23N3O2/c1-27-21-11-9-17(10-12-21)6-5-13-28-16-20-14-19-15-24-22(26-23(19)25-20)18-7-3-2-4-8-18/h2-4,7-12,14-15H,5-6,13,16H2,1H3,(H,24,25,26). The fourth-order valence-electron chi connectivity index (χ4n) is 3.13. The van der Waals surface area contributed by atoms with Crippen molar-refractivity contribution in [1.29, 1.82) is 0 Å². The molecule has 0 fully saturated rings. The fraction of sp³-hybridized carbons (Fsp3) is 0.217. The molecule has 0 saturated carbocycles. The molecule has 0 spiro atoms. The molecule has 0 bridgehead atoms. The molecule has 2 aromatic carbocycles. The van der Waals surface area contributed by atoms with Gasteiger partial charge in [0.1, 0.15) is 11.4 Å². The van der Waals surface area contributed by atoms with Gasteiger partial charge >= 0.3 is 0 Å². The number of hydrogen-bond acceptors (Lipinski definition) is 4. The minimum absolute atomic E-state index is 0.541. The van der Waals surface area contributed by atoms with Gasteiger partial charge in [-0.2, -0.15) is 0 Å². The Morgan fingerprint density at radius 3 is 2.61 bits per heavy atom. The molecule has 0 aliphatic carbocycles. The molecule has 4 rings (SSSR count). The number of H-pyrrole nitrogens is 1. The van der Waals surface area contributed by atoms with Crippen molar-refractivity contribution in [3.8, 4) is 17.1 Å². The number of aryl methyl sites for hydroxylation is 1. The molecule has 4 aromatic rings. The number of rotatable bonds is 8. The van der Waals surface area contributed by atoms with Crippen molar-refractivity contribution in [2.24, 2.45) is 0 Å². The van der Waals surface area contributed by atoms with Gasteiger partial charge in [-0.3, -0.25) is 0 Å². The van der Waals surface area contributed by atoms with Crippen molar-refractivity contribution < 1.29 is 9.47 Å². The van der Waals surface area contributed by atoms with E-state index in [-0.39, 0.29) is 0 Å². The van der Waals surface area contributed by atoms with E-state index in [0.717, 1.165) is 46.7 Å². The van der Waals surface area contributed by atoms with E-state index in [0.29, 0.717) is 13.2 Å². The number of nitrogens with one attached hydrogen (secondary N) is 1. The van der Waals surface area contributed by atoms with Crippen LogP contribution in [-0.2, 0) is 17.8 Å². The number of methoxy groups -OCH3 is 1. The van der Waals surface area contributed by atoms with Gasteiger partial charge < -0.3 is 14.5 Å². The average molecular weight is 373 g/mol. The minimum Gasteiger partial charge on any atom is -0.497 e. The quantitative estimate of drug-likeness (QED) is 0.452. The summed E-state index contributed by atoms with van der Waals surface area (Å²) in [6, 6.07) is 20.2. The number of fused-ring (bicyclic) bond motifs is 1. The van der Waals surface area contributed by atoms with Crippen LogP contribution in [0.4, 0.5) is 0 Å². The molecule has 0 atom stereocenters. The van der Waals surface area contributed by atoms with E-state index in [9.17, 15) is 0 Å². The highest BCUT2D eigenvalue weighted by Gasteiger charge is 2.06. The molecule has 0 radical (unpaired) electrons. The van der Waals surface area contributed by atoms with Crippen LogP contribution in [-0.4, -0.2) is 28.7 Å². The smallest absolute Gasteiger partial charge is 0.161 e. The van der Waals surface area contributed by atoms with Crippen LogP contribution in [0.1, 0.15) is 17.7 Å². The second-order valence-corrected chi connectivity index (χ2v) is 6.66. The van der Waals surface area contributed by atoms with Gasteiger partial charge in [-0.1, -0.05) is 42.5 Å². The van der Waals surface area contributed by atoms with Gasteiger partial charge in [0.05, 0.1) is 13.7 Å². The highest BCUT2D eigenvalue weighted by atomic mass is 16.5. The van der Waals surface area contributed by atoms with E-state index in [2.05, 4.69) is 27.1 Å². The lowest BCUT2D eigenvalue weighted by molar-refractivity contribution is 0.116. The monoisotopic (exact) mass is 373 g/mol. The second-order valence-electron chi connectivity index (χ2n) is 6.66. The Labute approximate surface area is 164 Å². The maximum absolute atomic E-state index is 5.83. The van der Waals surface area contributed by atoms with Gasteiger partial charge in [0.15, 0.2) is 5.82 Å². The lowest BCUT2D eigenvalue weighted by Gasteiger charge is -2.04. The summed E-state index contributed by atoms with van der Waals surface area (Å²) in [6.07, 6.45) is 3.82. The molecular formula is C23H23N3O2. The Hall–Kier alpha value is -3.18. The normalized spacial score (nSPS) is 11.0.